The molecule has 0 bridgehead atoms. The maximum absolute atomic E-state index is 5.99. The SMILES string of the molecule is CC(C)N(C)Cc1ccccc1CN=C(N)NCCc1cccs1.I. The molecule has 0 aliphatic heterocycles. The third kappa shape index (κ3) is 7.75. The molecule has 0 spiro atoms. The fourth-order valence-corrected chi connectivity index (χ4v) is 3.02. The van der Waals surface area contributed by atoms with Crippen molar-refractivity contribution in [1.82, 2.24) is 10.2 Å². The van der Waals surface area contributed by atoms with Crippen molar-refractivity contribution in [3.63, 3.8) is 0 Å². The van der Waals surface area contributed by atoms with Crippen LogP contribution in [0.1, 0.15) is 29.9 Å². The first-order valence-electron chi connectivity index (χ1n) is 8.39. The molecule has 6 heteroatoms. The molecular weight excluding hydrogens is 443 g/mol. The topological polar surface area (TPSA) is 53.6 Å². The van der Waals surface area contributed by atoms with E-state index in [9.17, 15) is 0 Å². The van der Waals surface area contributed by atoms with Gasteiger partial charge in [0.1, 0.15) is 0 Å². The summed E-state index contributed by atoms with van der Waals surface area (Å²) >= 11 is 1.77. The zero-order valence-electron chi connectivity index (χ0n) is 15.2. The smallest absolute Gasteiger partial charge is 0.188 e. The Balaban J connectivity index is 0.00000312. The second-order valence-electron chi connectivity index (χ2n) is 6.24. The van der Waals surface area contributed by atoms with Crippen molar-refractivity contribution in [2.45, 2.75) is 39.4 Å². The average molecular weight is 472 g/mol. The number of benzene rings is 1. The van der Waals surface area contributed by atoms with E-state index in [1.807, 2.05) is 0 Å². The highest BCUT2D eigenvalue weighted by Gasteiger charge is 2.07. The minimum atomic E-state index is 0. The summed E-state index contributed by atoms with van der Waals surface area (Å²) in [7, 11) is 2.14. The Morgan fingerprint density at radius 2 is 1.92 bits per heavy atom. The van der Waals surface area contributed by atoms with Crippen LogP contribution >= 0.6 is 35.3 Å². The number of aliphatic imine (C=N–C) groups is 1. The number of nitrogens with two attached hydrogens (primary N) is 1. The van der Waals surface area contributed by atoms with Crippen molar-refractivity contribution >= 4 is 41.3 Å². The molecule has 1 aromatic heterocycles. The number of hydrogen-bond donors (Lipinski definition) is 2. The summed E-state index contributed by atoms with van der Waals surface area (Å²) in [5, 5.41) is 5.29. The molecule has 0 atom stereocenters. The summed E-state index contributed by atoms with van der Waals surface area (Å²) in [6, 6.07) is 13.2. The maximum atomic E-state index is 5.99. The highest BCUT2D eigenvalue weighted by molar-refractivity contribution is 14.0. The molecule has 0 fully saturated rings. The molecule has 0 radical (unpaired) electrons. The van der Waals surface area contributed by atoms with E-state index in [4.69, 9.17) is 5.73 Å². The van der Waals surface area contributed by atoms with Gasteiger partial charge in [-0.15, -0.1) is 35.3 Å². The number of rotatable bonds is 8. The summed E-state index contributed by atoms with van der Waals surface area (Å²) < 4.78 is 0. The highest BCUT2D eigenvalue weighted by Crippen LogP contribution is 2.13. The van der Waals surface area contributed by atoms with Gasteiger partial charge in [0.05, 0.1) is 6.54 Å². The van der Waals surface area contributed by atoms with Crippen LogP contribution in [-0.2, 0) is 19.5 Å². The molecule has 0 saturated heterocycles. The van der Waals surface area contributed by atoms with Crippen LogP contribution in [0.5, 0.6) is 0 Å². The van der Waals surface area contributed by atoms with E-state index in [1.165, 1.54) is 16.0 Å². The van der Waals surface area contributed by atoms with Crippen molar-refractivity contribution in [1.29, 1.82) is 0 Å². The first kappa shape index (κ1) is 21.9. The quantitative estimate of drug-likeness (QED) is 0.349. The Labute approximate surface area is 172 Å². The largest absolute Gasteiger partial charge is 0.370 e. The van der Waals surface area contributed by atoms with Gasteiger partial charge >= 0.3 is 0 Å². The van der Waals surface area contributed by atoms with E-state index < -0.39 is 0 Å². The van der Waals surface area contributed by atoms with Crippen LogP contribution in [0.3, 0.4) is 0 Å². The summed E-state index contributed by atoms with van der Waals surface area (Å²) in [6.07, 6.45) is 0.976. The molecule has 2 rings (SSSR count). The molecule has 2 aromatic rings. The van der Waals surface area contributed by atoms with Crippen LogP contribution in [0, 0.1) is 0 Å². The number of nitrogens with one attached hydrogen (secondary N) is 1. The van der Waals surface area contributed by atoms with Gasteiger partial charge in [-0.2, -0.15) is 0 Å². The number of halogens is 1. The predicted molar refractivity (Wildman–Crippen MR) is 120 cm³/mol. The highest BCUT2D eigenvalue weighted by atomic mass is 127. The molecule has 138 valence electrons. The second kappa shape index (κ2) is 11.5. The Morgan fingerprint density at radius 3 is 2.56 bits per heavy atom. The third-order valence-electron chi connectivity index (χ3n) is 4.10. The normalized spacial score (nSPS) is 11.6. The van der Waals surface area contributed by atoms with Crippen molar-refractivity contribution in [2.24, 2.45) is 10.7 Å². The van der Waals surface area contributed by atoms with Crippen LogP contribution in [0.15, 0.2) is 46.8 Å². The van der Waals surface area contributed by atoms with E-state index in [0.717, 1.165) is 19.5 Å². The van der Waals surface area contributed by atoms with Crippen LogP contribution in [-0.4, -0.2) is 30.5 Å². The monoisotopic (exact) mass is 472 g/mol. The lowest BCUT2D eigenvalue weighted by molar-refractivity contribution is 0.265. The molecule has 1 heterocycles. The Hall–Kier alpha value is -1.12. The summed E-state index contributed by atoms with van der Waals surface area (Å²) in [5.74, 6) is 0.513. The molecule has 0 saturated carbocycles. The van der Waals surface area contributed by atoms with Gasteiger partial charge in [-0.25, -0.2) is 4.99 Å². The molecular formula is C19H29IN4S. The van der Waals surface area contributed by atoms with Crippen LogP contribution in [0.2, 0.25) is 0 Å². The Kier molecular flexibility index (Phi) is 10.1. The van der Waals surface area contributed by atoms with Gasteiger partial charge in [-0.3, -0.25) is 4.90 Å². The molecule has 0 unspecified atom stereocenters. The summed E-state index contributed by atoms with van der Waals surface area (Å²) in [4.78, 5) is 8.18. The molecule has 0 aliphatic carbocycles. The Bertz CT molecular complexity index is 641. The van der Waals surface area contributed by atoms with E-state index in [0.29, 0.717) is 18.5 Å². The number of nitrogens with zero attached hydrogens (tertiary/aromatic N) is 2. The minimum absolute atomic E-state index is 0. The second-order valence-corrected chi connectivity index (χ2v) is 7.27. The fourth-order valence-electron chi connectivity index (χ4n) is 2.31. The van der Waals surface area contributed by atoms with Crippen molar-refractivity contribution in [3.05, 3.63) is 57.8 Å². The third-order valence-corrected chi connectivity index (χ3v) is 5.03. The number of guanidine groups is 1. The van der Waals surface area contributed by atoms with E-state index in [-0.39, 0.29) is 24.0 Å². The van der Waals surface area contributed by atoms with Crippen LogP contribution in [0.4, 0.5) is 0 Å². The summed E-state index contributed by atoms with van der Waals surface area (Å²) in [5.41, 5.74) is 8.53. The first-order valence-corrected chi connectivity index (χ1v) is 9.27. The average Bonchev–Trinajstić information content (AvgIpc) is 3.07. The van der Waals surface area contributed by atoms with E-state index >= 15 is 0 Å². The van der Waals surface area contributed by atoms with Gasteiger partial charge in [-0.05, 0) is 49.9 Å². The number of thiophene rings is 1. The van der Waals surface area contributed by atoms with E-state index in [2.05, 4.69) is 77.9 Å². The van der Waals surface area contributed by atoms with Crippen LogP contribution in [0.25, 0.3) is 0 Å². The minimum Gasteiger partial charge on any atom is -0.370 e. The van der Waals surface area contributed by atoms with Crippen molar-refractivity contribution in [2.75, 3.05) is 13.6 Å². The standard InChI is InChI=1S/C19H28N4S.HI/c1-15(2)23(3)14-17-8-5-4-7-16(17)13-22-19(20)21-11-10-18-9-6-12-24-18;/h4-9,12,15H,10-11,13-14H2,1-3H3,(H3,20,21,22);1H. The Morgan fingerprint density at radius 1 is 1.20 bits per heavy atom. The van der Waals surface area contributed by atoms with E-state index in [1.54, 1.807) is 11.3 Å². The lowest BCUT2D eigenvalue weighted by Gasteiger charge is -2.22. The van der Waals surface area contributed by atoms with Crippen molar-refractivity contribution < 1.29 is 0 Å². The zero-order chi connectivity index (χ0) is 17.4. The molecule has 3 N–H and O–H groups in total. The molecule has 0 aliphatic rings. The maximum Gasteiger partial charge on any atom is 0.188 e. The number of hydrogen-bond acceptors (Lipinski definition) is 3. The van der Waals surface area contributed by atoms with Crippen molar-refractivity contribution in [3.8, 4) is 0 Å². The van der Waals surface area contributed by atoms with Gasteiger partial charge in [0.15, 0.2) is 5.96 Å². The lowest BCUT2D eigenvalue weighted by Crippen LogP contribution is -2.33. The molecule has 4 nitrogen and oxygen atoms in total. The van der Waals surface area contributed by atoms with Gasteiger partial charge < -0.3 is 11.1 Å². The fraction of sp³-hybridized carbons (Fsp3) is 0.421. The zero-order valence-corrected chi connectivity index (χ0v) is 18.4. The van der Waals surface area contributed by atoms with Gasteiger partial charge in [-0.1, -0.05) is 30.3 Å². The predicted octanol–water partition coefficient (Wildman–Crippen LogP) is 3.85. The molecule has 25 heavy (non-hydrogen) atoms. The van der Waals surface area contributed by atoms with Gasteiger partial charge in [0, 0.05) is 24.0 Å². The molecule has 1 aromatic carbocycles. The van der Waals surface area contributed by atoms with Gasteiger partial charge in [0.2, 0.25) is 0 Å². The van der Waals surface area contributed by atoms with Gasteiger partial charge in [0.25, 0.3) is 0 Å². The molecule has 0 amide bonds. The lowest BCUT2D eigenvalue weighted by atomic mass is 10.1. The first-order chi connectivity index (χ1) is 11.6. The summed E-state index contributed by atoms with van der Waals surface area (Å²) in [6.45, 7) is 6.76. The van der Waals surface area contributed by atoms with Crippen LogP contribution < -0.4 is 11.1 Å².